The quantitative estimate of drug-likeness (QED) is 0.443. The van der Waals surface area contributed by atoms with Crippen molar-refractivity contribution in [3.63, 3.8) is 0 Å². The first kappa shape index (κ1) is 14.4. The summed E-state index contributed by atoms with van der Waals surface area (Å²) in [6.45, 7) is 7.08. The maximum Gasteiger partial charge on any atom is 0.332 e. The predicted octanol–water partition coefficient (Wildman–Crippen LogP) is 1.35. The number of carbonyl (C=O) groups excluding carboxylic acids is 1. The van der Waals surface area contributed by atoms with Gasteiger partial charge in [-0.3, -0.25) is 0 Å². The van der Waals surface area contributed by atoms with Crippen LogP contribution in [0.2, 0.25) is 0 Å². The minimum absolute atomic E-state index is 0.0670. The number of ether oxygens (including phenoxy) is 2. The van der Waals surface area contributed by atoms with Crippen molar-refractivity contribution in [3.05, 3.63) is 0 Å². The van der Waals surface area contributed by atoms with Crippen molar-refractivity contribution in [3.8, 4) is 0 Å². The number of unbranched alkanes of at least 4 members (excludes halogenated alkanes) is 1. The minimum Gasteiger partial charge on any atom is -0.464 e. The van der Waals surface area contributed by atoms with E-state index < -0.39 is 0 Å². The van der Waals surface area contributed by atoms with E-state index in [0.717, 1.165) is 32.4 Å². The molecule has 4 heteroatoms. The maximum atomic E-state index is 11.0. The van der Waals surface area contributed by atoms with Gasteiger partial charge < -0.3 is 14.8 Å². The molecule has 0 spiro atoms. The van der Waals surface area contributed by atoms with Gasteiger partial charge in [-0.1, -0.05) is 20.3 Å². The molecule has 0 aliphatic heterocycles. The van der Waals surface area contributed by atoms with Crippen molar-refractivity contribution in [1.82, 2.24) is 5.32 Å². The van der Waals surface area contributed by atoms with Crippen molar-refractivity contribution < 1.29 is 14.3 Å². The molecular weight excluding hydrogens is 194 g/mol. The molecule has 0 fully saturated rings. The SMILES string of the molecule is CCCCOC(=O)COCCNCCC. The zero-order chi connectivity index (χ0) is 11.4. The van der Waals surface area contributed by atoms with Gasteiger partial charge in [0.1, 0.15) is 6.61 Å². The Bertz CT molecular complexity index is 151. The summed E-state index contributed by atoms with van der Waals surface area (Å²) in [4.78, 5) is 11.0. The second-order valence-corrected chi connectivity index (χ2v) is 3.38. The third-order valence-corrected chi connectivity index (χ3v) is 1.83. The molecule has 4 nitrogen and oxygen atoms in total. The maximum absolute atomic E-state index is 11.0. The van der Waals surface area contributed by atoms with E-state index in [-0.39, 0.29) is 12.6 Å². The first-order valence-electron chi connectivity index (χ1n) is 5.75. The van der Waals surface area contributed by atoms with E-state index in [0.29, 0.717) is 13.2 Å². The van der Waals surface area contributed by atoms with Crippen LogP contribution >= 0.6 is 0 Å². The Morgan fingerprint density at radius 3 is 2.60 bits per heavy atom. The molecule has 0 aliphatic carbocycles. The number of carbonyl (C=O) groups is 1. The Hall–Kier alpha value is -0.610. The standard InChI is InChI=1S/C11H23NO3/c1-3-5-8-15-11(13)10-14-9-7-12-6-4-2/h12H,3-10H2,1-2H3. The van der Waals surface area contributed by atoms with Crippen LogP contribution in [0.4, 0.5) is 0 Å². The molecule has 1 N–H and O–H groups in total. The molecular formula is C11H23NO3. The molecule has 0 rings (SSSR count). The van der Waals surface area contributed by atoms with Gasteiger partial charge >= 0.3 is 5.97 Å². The lowest BCUT2D eigenvalue weighted by atomic mass is 10.4. The highest BCUT2D eigenvalue weighted by atomic mass is 16.6. The van der Waals surface area contributed by atoms with Crippen molar-refractivity contribution in [2.24, 2.45) is 0 Å². The van der Waals surface area contributed by atoms with E-state index in [4.69, 9.17) is 9.47 Å². The van der Waals surface area contributed by atoms with Crippen LogP contribution in [0.15, 0.2) is 0 Å². The van der Waals surface area contributed by atoms with Gasteiger partial charge in [0.2, 0.25) is 0 Å². The summed E-state index contributed by atoms with van der Waals surface area (Å²) < 4.78 is 10.1. The number of esters is 1. The Morgan fingerprint density at radius 2 is 1.93 bits per heavy atom. The Morgan fingerprint density at radius 1 is 1.13 bits per heavy atom. The van der Waals surface area contributed by atoms with Crippen LogP contribution in [0.1, 0.15) is 33.1 Å². The lowest BCUT2D eigenvalue weighted by Crippen LogP contribution is -2.22. The van der Waals surface area contributed by atoms with Crippen molar-refractivity contribution in [2.75, 3.05) is 32.9 Å². The number of hydrogen-bond acceptors (Lipinski definition) is 4. The van der Waals surface area contributed by atoms with Gasteiger partial charge in [-0.2, -0.15) is 0 Å². The summed E-state index contributed by atoms with van der Waals surface area (Å²) in [5.74, 6) is -0.265. The number of rotatable bonds is 10. The number of nitrogens with one attached hydrogen (secondary N) is 1. The molecule has 90 valence electrons. The van der Waals surface area contributed by atoms with Gasteiger partial charge in [-0.05, 0) is 19.4 Å². The van der Waals surface area contributed by atoms with E-state index in [1.54, 1.807) is 0 Å². The molecule has 0 heterocycles. The molecule has 0 bridgehead atoms. The van der Waals surface area contributed by atoms with Crippen molar-refractivity contribution in [1.29, 1.82) is 0 Å². The fourth-order valence-corrected chi connectivity index (χ4v) is 0.974. The summed E-state index contributed by atoms with van der Waals surface area (Å²) in [6.07, 6.45) is 3.07. The topological polar surface area (TPSA) is 47.6 Å². The molecule has 0 aliphatic rings. The Kier molecular flexibility index (Phi) is 11.0. The molecule has 0 atom stereocenters. The fourth-order valence-electron chi connectivity index (χ4n) is 0.974. The van der Waals surface area contributed by atoms with Gasteiger partial charge in [0.05, 0.1) is 13.2 Å². The summed E-state index contributed by atoms with van der Waals surface area (Å²) in [7, 11) is 0. The monoisotopic (exact) mass is 217 g/mol. The fraction of sp³-hybridized carbons (Fsp3) is 0.909. The van der Waals surface area contributed by atoms with Gasteiger partial charge in [-0.15, -0.1) is 0 Å². The van der Waals surface area contributed by atoms with Gasteiger partial charge in [0.15, 0.2) is 0 Å². The largest absolute Gasteiger partial charge is 0.464 e. The van der Waals surface area contributed by atoms with Crippen LogP contribution in [-0.4, -0.2) is 38.9 Å². The van der Waals surface area contributed by atoms with E-state index in [9.17, 15) is 4.79 Å². The van der Waals surface area contributed by atoms with Crippen molar-refractivity contribution in [2.45, 2.75) is 33.1 Å². The zero-order valence-electron chi connectivity index (χ0n) is 9.88. The number of hydrogen-bond donors (Lipinski definition) is 1. The molecule has 0 aromatic heterocycles. The van der Waals surface area contributed by atoms with Crippen LogP contribution in [-0.2, 0) is 14.3 Å². The highest BCUT2D eigenvalue weighted by Crippen LogP contribution is 1.89. The molecule has 0 aromatic carbocycles. The molecule has 15 heavy (non-hydrogen) atoms. The second-order valence-electron chi connectivity index (χ2n) is 3.38. The summed E-state index contributed by atoms with van der Waals surface area (Å²) in [6, 6.07) is 0. The van der Waals surface area contributed by atoms with E-state index >= 15 is 0 Å². The van der Waals surface area contributed by atoms with E-state index in [1.165, 1.54) is 0 Å². The second kappa shape index (κ2) is 11.5. The highest BCUT2D eigenvalue weighted by Gasteiger charge is 2.01. The van der Waals surface area contributed by atoms with E-state index in [2.05, 4.69) is 19.2 Å². The smallest absolute Gasteiger partial charge is 0.332 e. The first-order chi connectivity index (χ1) is 7.31. The van der Waals surface area contributed by atoms with E-state index in [1.807, 2.05) is 0 Å². The average molecular weight is 217 g/mol. The van der Waals surface area contributed by atoms with Crippen LogP contribution in [0.3, 0.4) is 0 Å². The molecule has 0 radical (unpaired) electrons. The third kappa shape index (κ3) is 11.3. The highest BCUT2D eigenvalue weighted by molar-refractivity contribution is 5.70. The Labute approximate surface area is 92.3 Å². The van der Waals surface area contributed by atoms with Gasteiger partial charge in [0.25, 0.3) is 0 Å². The lowest BCUT2D eigenvalue weighted by Gasteiger charge is -2.05. The molecule has 0 unspecified atom stereocenters. The van der Waals surface area contributed by atoms with Crippen LogP contribution in [0.25, 0.3) is 0 Å². The Balaban J connectivity index is 3.10. The molecule has 0 aromatic rings. The van der Waals surface area contributed by atoms with Crippen LogP contribution in [0, 0.1) is 0 Å². The summed E-state index contributed by atoms with van der Waals surface area (Å²) >= 11 is 0. The normalized spacial score (nSPS) is 10.3. The molecule has 0 amide bonds. The molecule has 0 saturated heterocycles. The van der Waals surface area contributed by atoms with Crippen LogP contribution < -0.4 is 5.32 Å². The molecule has 0 saturated carbocycles. The third-order valence-electron chi connectivity index (χ3n) is 1.83. The van der Waals surface area contributed by atoms with Crippen molar-refractivity contribution >= 4 is 5.97 Å². The summed E-state index contributed by atoms with van der Waals surface area (Å²) in [5, 5.41) is 3.18. The van der Waals surface area contributed by atoms with Crippen LogP contribution in [0.5, 0.6) is 0 Å². The van der Waals surface area contributed by atoms with Gasteiger partial charge in [-0.25, -0.2) is 4.79 Å². The van der Waals surface area contributed by atoms with Gasteiger partial charge in [0, 0.05) is 6.54 Å². The summed E-state index contributed by atoms with van der Waals surface area (Å²) in [5.41, 5.74) is 0. The minimum atomic E-state index is -0.265. The average Bonchev–Trinajstić information content (AvgIpc) is 2.23. The lowest BCUT2D eigenvalue weighted by molar-refractivity contribution is -0.149. The predicted molar refractivity (Wildman–Crippen MR) is 59.8 cm³/mol. The first-order valence-corrected chi connectivity index (χ1v) is 5.75. The zero-order valence-corrected chi connectivity index (χ0v) is 9.88.